The van der Waals surface area contributed by atoms with Crippen LogP contribution in [0.25, 0.3) is 22.3 Å². The lowest BCUT2D eigenvalue weighted by atomic mass is 9.78. The minimum atomic E-state index is -0.207. The highest BCUT2D eigenvalue weighted by Crippen LogP contribution is 2.51. The van der Waals surface area contributed by atoms with Crippen LogP contribution in [-0.2, 0) is 5.41 Å². The minimum Gasteiger partial charge on any atom is -0.328 e. The number of fused-ring (bicyclic) bond motifs is 5. The molecule has 0 bridgehead atoms. The Morgan fingerprint density at radius 3 is 1.88 bits per heavy atom. The number of para-hydroxylation sites is 2. The molecule has 52 heavy (non-hydrogen) atoms. The van der Waals surface area contributed by atoms with Gasteiger partial charge in [0.25, 0.3) is 0 Å². The van der Waals surface area contributed by atoms with Crippen molar-refractivity contribution in [1.29, 1.82) is 0 Å². The average molecular weight is 691 g/mol. The van der Waals surface area contributed by atoms with E-state index in [0.29, 0.717) is 0 Å². The van der Waals surface area contributed by atoms with Crippen molar-refractivity contribution in [3.05, 3.63) is 194 Å². The summed E-state index contributed by atoms with van der Waals surface area (Å²) < 4.78 is 0. The Morgan fingerprint density at radius 1 is 0.500 bits per heavy atom. The van der Waals surface area contributed by atoms with E-state index in [1.165, 1.54) is 54.5 Å². The average Bonchev–Trinajstić information content (AvgIpc) is 3.66. The normalized spacial score (nSPS) is 13.4. The summed E-state index contributed by atoms with van der Waals surface area (Å²) in [7, 11) is 0. The molecule has 0 radical (unpaired) electrons. The smallest absolute Gasteiger partial charge is 0.137 e. The molecule has 6 aromatic carbocycles. The van der Waals surface area contributed by atoms with Crippen LogP contribution in [0.4, 0.5) is 28.6 Å². The van der Waals surface area contributed by atoms with Crippen molar-refractivity contribution < 1.29 is 0 Å². The maximum Gasteiger partial charge on any atom is 0.137 e. The summed E-state index contributed by atoms with van der Waals surface area (Å²) >= 11 is 1.79. The summed E-state index contributed by atoms with van der Waals surface area (Å²) in [4.78, 5) is 14.3. The van der Waals surface area contributed by atoms with E-state index in [0.717, 1.165) is 23.9 Å². The predicted octanol–water partition coefficient (Wildman–Crippen LogP) is 12.4. The highest BCUT2D eigenvalue weighted by Gasteiger charge is 2.29. The van der Waals surface area contributed by atoms with Crippen LogP contribution < -0.4 is 14.7 Å². The number of pyridine rings is 1. The zero-order valence-corrected chi connectivity index (χ0v) is 30.0. The molecule has 0 unspecified atom stereocenters. The molecule has 0 spiro atoms. The molecule has 4 nitrogen and oxygen atoms in total. The summed E-state index contributed by atoms with van der Waals surface area (Å²) in [6, 6.07) is 58.9. The number of anilines is 5. The topological polar surface area (TPSA) is 22.6 Å². The minimum absolute atomic E-state index is 0.207. The molecule has 2 aliphatic rings. The first kappa shape index (κ1) is 31.9. The quantitative estimate of drug-likeness (QED) is 0.166. The number of aromatic nitrogens is 1. The van der Waals surface area contributed by atoms with Crippen LogP contribution in [0.15, 0.2) is 192 Å². The first-order valence-corrected chi connectivity index (χ1v) is 18.5. The van der Waals surface area contributed by atoms with Gasteiger partial charge in [0.2, 0.25) is 0 Å². The lowest BCUT2D eigenvalue weighted by Gasteiger charge is -2.30. The van der Waals surface area contributed by atoms with E-state index in [4.69, 9.17) is 4.98 Å². The van der Waals surface area contributed by atoms with Crippen LogP contribution in [0.3, 0.4) is 0 Å². The van der Waals surface area contributed by atoms with Crippen molar-refractivity contribution in [3.8, 4) is 22.3 Å². The molecule has 1 aromatic heterocycles. The van der Waals surface area contributed by atoms with Gasteiger partial charge in [-0.2, -0.15) is 0 Å². The van der Waals surface area contributed by atoms with Gasteiger partial charge in [-0.05, 0) is 82.9 Å². The molecule has 0 fully saturated rings. The molecule has 0 aliphatic carbocycles. The zero-order chi connectivity index (χ0) is 35.1. The lowest BCUT2D eigenvalue weighted by Crippen LogP contribution is -2.24. The molecule has 5 heteroatoms. The fraction of sp³-hybridized carbons (Fsp3) is 0.0851. The van der Waals surface area contributed by atoms with E-state index in [1.54, 1.807) is 11.8 Å². The van der Waals surface area contributed by atoms with Gasteiger partial charge in [0.1, 0.15) is 5.82 Å². The number of rotatable bonds is 7. The molecular weight excluding hydrogens is 653 g/mol. The summed E-state index contributed by atoms with van der Waals surface area (Å²) in [5, 5.41) is 0. The van der Waals surface area contributed by atoms with E-state index in [9.17, 15) is 0 Å². The first-order valence-electron chi connectivity index (χ1n) is 17.7. The Morgan fingerprint density at radius 2 is 1.12 bits per heavy atom. The standard InChI is InChI=1S/C47H38N4S/c1-47(2,34-14-5-3-6-15-34)35-26-27-48-46(30-35)51-44-23-12-11-22-42(44)40-20-9-10-21-41(40)43-25-24-39(32-45(43)51)52-38-19-13-18-37(31-38)50-29-28-49(33-50)36-16-7-4-8-17-36/h3-32H,33H2,1-2H3. The highest BCUT2D eigenvalue weighted by molar-refractivity contribution is 7.99. The summed E-state index contributed by atoms with van der Waals surface area (Å²) in [5.41, 5.74) is 11.7. The Hall–Kier alpha value is -6.04. The molecular formula is C47H38N4S. The molecule has 7 aromatic rings. The molecule has 0 atom stereocenters. The van der Waals surface area contributed by atoms with Crippen LogP contribution in [0.2, 0.25) is 0 Å². The summed E-state index contributed by atoms with van der Waals surface area (Å²) in [6.45, 7) is 5.36. The van der Waals surface area contributed by atoms with Gasteiger partial charge in [0.05, 0.1) is 18.0 Å². The predicted molar refractivity (Wildman–Crippen MR) is 218 cm³/mol. The van der Waals surface area contributed by atoms with Crippen molar-refractivity contribution in [2.75, 3.05) is 21.4 Å². The van der Waals surface area contributed by atoms with Gasteiger partial charge in [-0.1, -0.05) is 129 Å². The third-order valence-corrected chi connectivity index (χ3v) is 11.2. The van der Waals surface area contributed by atoms with Crippen molar-refractivity contribution in [2.24, 2.45) is 0 Å². The van der Waals surface area contributed by atoms with Crippen LogP contribution in [0.5, 0.6) is 0 Å². The lowest BCUT2D eigenvalue weighted by molar-refractivity contribution is 0.640. The first-order chi connectivity index (χ1) is 25.5. The number of hydrogen-bond donors (Lipinski definition) is 0. The van der Waals surface area contributed by atoms with Crippen molar-refractivity contribution >= 4 is 40.3 Å². The Kier molecular flexibility index (Phi) is 8.13. The Bertz CT molecular complexity index is 2420. The van der Waals surface area contributed by atoms with Gasteiger partial charge in [-0.15, -0.1) is 0 Å². The maximum absolute atomic E-state index is 5.07. The second-order valence-corrected chi connectivity index (χ2v) is 14.9. The summed E-state index contributed by atoms with van der Waals surface area (Å²) in [5.74, 6) is 0.899. The van der Waals surface area contributed by atoms with Gasteiger partial charge in [0, 0.05) is 56.3 Å². The van der Waals surface area contributed by atoms with E-state index >= 15 is 0 Å². The molecule has 0 N–H and O–H groups in total. The van der Waals surface area contributed by atoms with Crippen LogP contribution in [0.1, 0.15) is 25.0 Å². The number of benzene rings is 6. The van der Waals surface area contributed by atoms with Gasteiger partial charge < -0.3 is 9.80 Å². The monoisotopic (exact) mass is 690 g/mol. The van der Waals surface area contributed by atoms with E-state index in [2.05, 4.69) is 205 Å². The molecule has 9 rings (SSSR count). The van der Waals surface area contributed by atoms with Crippen LogP contribution >= 0.6 is 11.8 Å². The van der Waals surface area contributed by atoms with Gasteiger partial charge in [0.15, 0.2) is 0 Å². The van der Waals surface area contributed by atoms with E-state index in [1.807, 2.05) is 6.20 Å². The van der Waals surface area contributed by atoms with E-state index in [-0.39, 0.29) is 5.41 Å². The van der Waals surface area contributed by atoms with E-state index < -0.39 is 0 Å². The number of nitrogens with zero attached hydrogens (tertiary/aromatic N) is 4. The molecule has 0 saturated heterocycles. The summed E-state index contributed by atoms with van der Waals surface area (Å²) in [6.07, 6.45) is 6.27. The fourth-order valence-corrected chi connectivity index (χ4v) is 8.31. The SMILES string of the molecule is CC(C)(c1ccccc1)c1ccnc(N2c3ccccc3-c3ccccc3-c3ccc(Sc4cccc(N5C=CN(c6ccccc6)C5)c4)cc32)c1. The van der Waals surface area contributed by atoms with Gasteiger partial charge in [-0.3, -0.25) is 4.90 Å². The molecule has 252 valence electrons. The van der Waals surface area contributed by atoms with Crippen molar-refractivity contribution in [3.63, 3.8) is 0 Å². The number of hydrogen-bond acceptors (Lipinski definition) is 5. The zero-order valence-electron chi connectivity index (χ0n) is 29.2. The Labute approximate surface area is 310 Å². The van der Waals surface area contributed by atoms with Crippen molar-refractivity contribution in [2.45, 2.75) is 29.1 Å². The van der Waals surface area contributed by atoms with Gasteiger partial charge in [-0.25, -0.2) is 4.98 Å². The third-order valence-electron chi connectivity index (χ3n) is 10.3. The van der Waals surface area contributed by atoms with Crippen LogP contribution in [-0.4, -0.2) is 11.7 Å². The maximum atomic E-state index is 5.07. The van der Waals surface area contributed by atoms with Gasteiger partial charge >= 0.3 is 0 Å². The second-order valence-electron chi connectivity index (χ2n) is 13.8. The highest BCUT2D eigenvalue weighted by atomic mass is 32.2. The fourth-order valence-electron chi connectivity index (χ4n) is 7.40. The molecule has 0 amide bonds. The largest absolute Gasteiger partial charge is 0.328 e. The third kappa shape index (κ3) is 5.83. The molecule has 2 aliphatic heterocycles. The van der Waals surface area contributed by atoms with Crippen LogP contribution in [0, 0.1) is 0 Å². The molecule has 3 heterocycles. The molecule has 0 saturated carbocycles. The second kappa shape index (κ2) is 13.3. The van der Waals surface area contributed by atoms with Crippen molar-refractivity contribution in [1.82, 2.24) is 4.98 Å². The Balaban J connectivity index is 1.12.